The second kappa shape index (κ2) is 9.60. The second-order valence-corrected chi connectivity index (χ2v) is 8.46. The first-order valence-corrected chi connectivity index (χ1v) is 11.3. The van der Waals surface area contributed by atoms with Crippen molar-refractivity contribution in [1.82, 2.24) is 29.9 Å². The first kappa shape index (κ1) is 24.3. The van der Waals surface area contributed by atoms with Crippen LogP contribution in [0.5, 0.6) is 5.88 Å². The number of carbonyl (C=O) groups excluding carboxylic acids is 1. The molecule has 0 fully saturated rings. The van der Waals surface area contributed by atoms with Crippen molar-refractivity contribution in [2.75, 3.05) is 6.54 Å². The van der Waals surface area contributed by atoms with Crippen LogP contribution in [0.3, 0.4) is 0 Å². The summed E-state index contributed by atoms with van der Waals surface area (Å²) in [6.45, 7) is 2.55. The van der Waals surface area contributed by atoms with E-state index in [1.54, 1.807) is 34.7 Å². The van der Waals surface area contributed by atoms with E-state index >= 15 is 0 Å². The van der Waals surface area contributed by atoms with Crippen molar-refractivity contribution in [2.45, 2.75) is 32.7 Å². The lowest BCUT2D eigenvalue weighted by molar-refractivity contribution is -0.141. The molecule has 37 heavy (non-hydrogen) atoms. The molecule has 0 saturated heterocycles. The van der Waals surface area contributed by atoms with Crippen molar-refractivity contribution < 1.29 is 27.1 Å². The molecule has 4 heterocycles. The van der Waals surface area contributed by atoms with Crippen molar-refractivity contribution >= 4 is 5.91 Å². The van der Waals surface area contributed by atoms with Crippen molar-refractivity contribution in [2.24, 2.45) is 0 Å². The molecule has 0 spiro atoms. The summed E-state index contributed by atoms with van der Waals surface area (Å²) in [5.74, 6) is -0.367. The standard InChI is InChI=1S/C25H20F4N6O2/c1-15-21(35(33-32-15)19-6-4-18(26)5-7-19)14-37-23-9-3-17-13-34(11-10-20(17)31-23)24(36)16-2-8-22(30-12-16)25(27,28)29/h2-9,12H,10-11,13-14H2,1H3. The predicted octanol–water partition coefficient (Wildman–Crippen LogP) is 4.30. The highest BCUT2D eigenvalue weighted by Crippen LogP contribution is 2.28. The Bertz CT molecular complexity index is 1440. The fourth-order valence-electron chi connectivity index (χ4n) is 3.99. The molecule has 1 amide bonds. The Morgan fingerprint density at radius 3 is 2.57 bits per heavy atom. The van der Waals surface area contributed by atoms with E-state index in [2.05, 4.69) is 20.3 Å². The Hall–Kier alpha value is -4.35. The van der Waals surface area contributed by atoms with Crippen molar-refractivity contribution in [3.05, 3.63) is 94.4 Å². The zero-order valence-electron chi connectivity index (χ0n) is 19.5. The lowest BCUT2D eigenvalue weighted by Gasteiger charge is -2.28. The van der Waals surface area contributed by atoms with E-state index in [9.17, 15) is 22.4 Å². The van der Waals surface area contributed by atoms with Crippen LogP contribution in [0.2, 0.25) is 0 Å². The molecular formula is C25H20F4N6O2. The van der Waals surface area contributed by atoms with Gasteiger partial charge < -0.3 is 9.64 Å². The fourth-order valence-corrected chi connectivity index (χ4v) is 3.99. The third kappa shape index (κ3) is 5.13. The molecule has 5 rings (SSSR count). The quantitative estimate of drug-likeness (QED) is 0.371. The number of hydrogen-bond donors (Lipinski definition) is 0. The minimum Gasteiger partial charge on any atom is -0.471 e. The summed E-state index contributed by atoms with van der Waals surface area (Å²) in [6, 6.07) is 11.3. The summed E-state index contributed by atoms with van der Waals surface area (Å²) in [5.41, 5.74) is 2.63. The fraction of sp³-hybridized carbons (Fsp3) is 0.240. The van der Waals surface area contributed by atoms with E-state index in [-0.39, 0.29) is 24.5 Å². The lowest BCUT2D eigenvalue weighted by Crippen LogP contribution is -2.36. The molecular weight excluding hydrogens is 492 g/mol. The van der Waals surface area contributed by atoms with Gasteiger partial charge in [0.1, 0.15) is 23.8 Å². The number of ether oxygens (including phenoxy) is 1. The van der Waals surface area contributed by atoms with Crippen LogP contribution >= 0.6 is 0 Å². The third-order valence-electron chi connectivity index (χ3n) is 6.00. The van der Waals surface area contributed by atoms with Crippen LogP contribution in [-0.4, -0.2) is 42.3 Å². The van der Waals surface area contributed by atoms with Gasteiger partial charge in [0.2, 0.25) is 5.88 Å². The first-order chi connectivity index (χ1) is 17.7. The maximum Gasteiger partial charge on any atom is 0.433 e. The molecule has 0 bridgehead atoms. The van der Waals surface area contributed by atoms with E-state index in [0.29, 0.717) is 35.9 Å². The molecule has 0 saturated carbocycles. The predicted molar refractivity (Wildman–Crippen MR) is 122 cm³/mol. The molecule has 0 N–H and O–H groups in total. The van der Waals surface area contributed by atoms with Gasteiger partial charge in [-0.15, -0.1) is 5.10 Å². The van der Waals surface area contributed by atoms with Gasteiger partial charge in [-0.1, -0.05) is 11.3 Å². The van der Waals surface area contributed by atoms with Crippen LogP contribution in [0.25, 0.3) is 5.69 Å². The monoisotopic (exact) mass is 512 g/mol. The van der Waals surface area contributed by atoms with Gasteiger partial charge >= 0.3 is 6.18 Å². The van der Waals surface area contributed by atoms with Gasteiger partial charge in [0, 0.05) is 31.8 Å². The molecule has 12 heteroatoms. The van der Waals surface area contributed by atoms with Crippen LogP contribution in [-0.2, 0) is 25.7 Å². The Kier molecular flexibility index (Phi) is 6.32. The number of hydrogen-bond acceptors (Lipinski definition) is 6. The number of nitrogens with zero attached hydrogens (tertiary/aromatic N) is 6. The minimum absolute atomic E-state index is 0.0890. The average Bonchev–Trinajstić information content (AvgIpc) is 3.26. The average molecular weight is 512 g/mol. The molecule has 0 radical (unpaired) electrons. The Morgan fingerprint density at radius 2 is 1.86 bits per heavy atom. The van der Waals surface area contributed by atoms with Gasteiger partial charge in [-0.05, 0) is 48.9 Å². The number of aryl methyl sites for hydroxylation is 1. The third-order valence-corrected chi connectivity index (χ3v) is 6.00. The van der Waals surface area contributed by atoms with E-state index in [0.717, 1.165) is 29.6 Å². The smallest absolute Gasteiger partial charge is 0.433 e. The second-order valence-electron chi connectivity index (χ2n) is 8.46. The number of fused-ring (bicyclic) bond motifs is 1. The van der Waals surface area contributed by atoms with Crippen LogP contribution in [0.1, 0.15) is 38.7 Å². The van der Waals surface area contributed by atoms with Gasteiger partial charge in [0.15, 0.2) is 0 Å². The van der Waals surface area contributed by atoms with Gasteiger partial charge in [0.05, 0.1) is 22.6 Å². The molecule has 1 aliphatic heterocycles. The van der Waals surface area contributed by atoms with E-state index in [4.69, 9.17) is 4.74 Å². The van der Waals surface area contributed by atoms with Gasteiger partial charge in [-0.2, -0.15) is 13.2 Å². The van der Waals surface area contributed by atoms with Crippen LogP contribution in [0.15, 0.2) is 54.7 Å². The van der Waals surface area contributed by atoms with Crippen molar-refractivity contribution in [3.8, 4) is 11.6 Å². The Balaban J connectivity index is 1.26. The molecule has 190 valence electrons. The van der Waals surface area contributed by atoms with Crippen LogP contribution in [0, 0.1) is 12.7 Å². The van der Waals surface area contributed by atoms with E-state index < -0.39 is 17.8 Å². The van der Waals surface area contributed by atoms with Gasteiger partial charge in [0.25, 0.3) is 5.91 Å². The molecule has 0 atom stereocenters. The Morgan fingerprint density at radius 1 is 1.08 bits per heavy atom. The molecule has 1 aromatic carbocycles. The van der Waals surface area contributed by atoms with Gasteiger partial charge in [-0.25, -0.2) is 14.1 Å². The number of alkyl halides is 3. The van der Waals surface area contributed by atoms with Crippen molar-refractivity contribution in [3.63, 3.8) is 0 Å². The van der Waals surface area contributed by atoms with E-state index in [1.165, 1.54) is 12.1 Å². The number of benzene rings is 1. The minimum atomic E-state index is -4.56. The normalized spacial score (nSPS) is 13.4. The number of amides is 1. The SMILES string of the molecule is Cc1nnn(-c2ccc(F)cc2)c1COc1ccc2c(n1)CCN(C(=O)c1ccc(C(F)(F)F)nc1)C2. The lowest BCUT2D eigenvalue weighted by atomic mass is 10.0. The molecule has 8 nitrogen and oxygen atoms in total. The topological polar surface area (TPSA) is 86.0 Å². The highest BCUT2D eigenvalue weighted by atomic mass is 19.4. The van der Waals surface area contributed by atoms with E-state index in [1.807, 2.05) is 6.07 Å². The van der Waals surface area contributed by atoms with Crippen LogP contribution in [0.4, 0.5) is 17.6 Å². The summed E-state index contributed by atoms with van der Waals surface area (Å²) in [4.78, 5) is 22.3. The largest absolute Gasteiger partial charge is 0.471 e. The number of pyridine rings is 2. The summed E-state index contributed by atoms with van der Waals surface area (Å²) in [6.07, 6.45) is -3.16. The summed E-state index contributed by atoms with van der Waals surface area (Å²) in [7, 11) is 0. The zero-order chi connectivity index (χ0) is 26.2. The van der Waals surface area contributed by atoms with Crippen LogP contribution < -0.4 is 4.74 Å². The molecule has 3 aromatic heterocycles. The molecule has 0 aliphatic carbocycles. The van der Waals surface area contributed by atoms with Crippen molar-refractivity contribution in [1.29, 1.82) is 0 Å². The first-order valence-electron chi connectivity index (χ1n) is 11.3. The number of carbonyl (C=O) groups is 1. The highest BCUT2D eigenvalue weighted by molar-refractivity contribution is 5.94. The Labute approximate surface area is 208 Å². The molecule has 4 aromatic rings. The zero-order valence-corrected chi connectivity index (χ0v) is 19.5. The number of halogens is 4. The summed E-state index contributed by atoms with van der Waals surface area (Å²) < 4.78 is 59.0. The van der Waals surface area contributed by atoms with Gasteiger partial charge in [-0.3, -0.25) is 9.78 Å². The molecule has 1 aliphatic rings. The molecule has 0 unspecified atom stereocenters. The summed E-state index contributed by atoms with van der Waals surface area (Å²) >= 11 is 0. The number of rotatable bonds is 5. The maximum atomic E-state index is 13.3. The summed E-state index contributed by atoms with van der Waals surface area (Å²) in [5, 5.41) is 8.20. The highest BCUT2D eigenvalue weighted by Gasteiger charge is 2.32. The number of aromatic nitrogens is 5. The maximum absolute atomic E-state index is 13.3.